The molecule has 186 valence electrons. The number of benzene rings is 4. The third-order valence-electron chi connectivity index (χ3n) is 6.39. The molecule has 1 aliphatic heterocycles. The predicted octanol–water partition coefficient (Wildman–Crippen LogP) is 7.04. The molecular formula is C30H20ClN3O2S2. The fraction of sp³-hybridized carbons (Fsp3) is 0.0333. The number of rotatable bonds is 5. The van der Waals surface area contributed by atoms with Gasteiger partial charge in [-0.15, -0.1) is 0 Å². The van der Waals surface area contributed by atoms with Crippen molar-refractivity contribution < 1.29 is 9.59 Å². The van der Waals surface area contributed by atoms with Crippen molar-refractivity contribution in [3.05, 3.63) is 124 Å². The zero-order valence-corrected chi connectivity index (χ0v) is 22.3. The largest absolute Gasteiger partial charge is 0.342 e. The van der Waals surface area contributed by atoms with Crippen molar-refractivity contribution in [2.45, 2.75) is 6.54 Å². The van der Waals surface area contributed by atoms with E-state index in [1.54, 1.807) is 24.3 Å². The molecule has 2 heterocycles. The fourth-order valence-corrected chi connectivity index (χ4v) is 5.82. The van der Waals surface area contributed by atoms with Gasteiger partial charge in [-0.3, -0.25) is 15.0 Å². The summed E-state index contributed by atoms with van der Waals surface area (Å²) in [6.45, 7) is 0.692. The number of para-hydroxylation sites is 1. The van der Waals surface area contributed by atoms with E-state index in [2.05, 4.69) is 52.6 Å². The van der Waals surface area contributed by atoms with Gasteiger partial charge in [-0.05, 0) is 71.0 Å². The van der Waals surface area contributed by atoms with Crippen molar-refractivity contribution in [2.24, 2.45) is 0 Å². The first kappa shape index (κ1) is 24.4. The van der Waals surface area contributed by atoms with Crippen LogP contribution in [0.5, 0.6) is 0 Å². The monoisotopic (exact) mass is 553 g/mol. The van der Waals surface area contributed by atoms with Crippen LogP contribution in [0.2, 0.25) is 5.02 Å². The highest BCUT2D eigenvalue weighted by Gasteiger charge is 2.34. The molecule has 5 aromatic rings. The second-order valence-corrected chi connectivity index (χ2v) is 11.0. The number of hydrogen-bond acceptors (Lipinski definition) is 4. The van der Waals surface area contributed by atoms with Gasteiger partial charge in [-0.25, -0.2) is 0 Å². The summed E-state index contributed by atoms with van der Waals surface area (Å²) in [5, 5.41) is 5.08. The Morgan fingerprint density at radius 2 is 1.68 bits per heavy atom. The average molecular weight is 554 g/mol. The molecular weight excluding hydrogens is 534 g/mol. The lowest BCUT2D eigenvalue weighted by molar-refractivity contribution is -0.123. The maximum absolute atomic E-state index is 13.2. The molecule has 0 spiro atoms. The zero-order chi connectivity index (χ0) is 26.2. The average Bonchev–Trinajstić information content (AvgIpc) is 3.40. The molecule has 1 N–H and O–H groups in total. The second kappa shape index (κ2) is 10.1. The lowest BCUT2D eigenvalue weighted by atomic mass is 10.1. The highest BCUT2D eigenvalue weighted by molar-refractivity contribution is 8.26. The topological polar surface area (TPSA) is 54.3 Å². The summed E-state index contributed by atoms with van der Waals surface area (Å²) in [4.78, 5) is 26.3. The number of hydrogen-bond donors (Lipinski definition) is 1. The number of carbonyl (C=O) groups is 2. The smallest absolute Gasteiger partial charge is 0.285 e. The van der Waals surface area contributed by atoms with E-state index >= 15 is 0 Å². The Bertz CT molecular complexity index is 1780. The highest BCUT2D eigenvalue weighted by atomic mass is 35.5. The standard InChI is InChI=1S/C30H20ClN3O2S2/c31-24-13-11-21(12-14-24)28(35)32-34-29(36)27(38-30(34)37)16-23-18-33(26-8-4-3-7-25(23)26)17-19-9-10-20-5-1-2-6-22(20)15-19/h1-16,18H,17H2,(H,32,35)/b27-16-. The number of fused-ring (bicyclic) bond motifs is 2. The molecule has 1 fully saturated rings. The van der Waals surface area contributed by atoms with Crippen LogP contribution in [0, 0.1) is 0 Å². The Morgan fingerprint density at radius 1 is 0.947 bits per heavy atom. The summed E-state index contributed by atoms with van der Waals surface area (Å²) in [5.41, 5.74) is 6.16. The van der Waals surface area contributed by atoms with Gasteiger partial charge in [-0.2, -0.15) is 5.01 Å². The second-order valence-electron chi connectivity index (χ2n) is 8.88. The molecule has 5 nitrogen and oxygen atoms in total. The predicted molar refractivity (Wildman–Crippen MR) is 159 cm³/mol. The molecule has 0 saturated carbocycles. The summed E-state index contributed by atoms with van der Waals surface area (Å²) >= 11 is 12.5. The molecule has 1 aliphatic rings. The minimum absolute atomic E-state index is 0.267. The molecule has 38 heavy (non-hydrogen) atoms. The van der Waals surface area contributed by atoms with Crippen molar-refractivity contribution in [1.82, 2.24) is 15.0 Å². The highest BCUT2D eigenvalue weighted by Crippen LogP contribution is 2.34. The van der Waals surface area contributed by atoms with E-state index < -0.39 is 5.91 Å². The van der Waals surface area contributed by atoms with Gasteiger partial charge >= 0.3 is 0 Å². The molecule has 2 amide bonds. The Balaban J connectivity index is 1.28. The van der Waals surface area contributed by atoms with E-state index in [-0.39, 0.29) is 10.2 Å². The van der Waals surface area contributed by atoms with Gasteiger partial charge in [0.1, 0.15) is 0 Å². The van der Waals surface area contributed by atoms with E-state index in [0.29, 0.717) is 22.0 Å². The van der Waals surface area contributed by atoms with Crippen molar-refractivity contribution in [3.63, 3.8) is 0 Å². The first-order valence-electron chi connectivity index (χ1n) is 11.9. The van der Waals surface area contributed by atoms with Crippen molar-refractivity contribution in [1.29, 1.82) is 0 Å². The third-order valence-corrected chi connectivity index (χ3v) is 7.94. The van der Waals surface area contributed by atoms with Crippen LogP contribution in [0.4, 0.5) is 0 Å². The summed E-state index contributed by atoms with van der Waals surface area (Å²) in [6.07, 6.45) is 3.89. The van der Waals surface area contributed by atoms with Crippen LogP contribution in [0.15, 0.2) is 102 Å². The number of carbonyl (C=O) groups excluding carboxylic acids is 2. The normalized spacial score (nSPS) is 14.7. The molecule has 0 radical (unpaired) electrons. The number of halogens is 1. The molecule has 0 unspecified atom stereocenters. The first-order valence-corrected chi connectivity index (χ1v) is 13.5. The maximum Gasteiger partial charge on any atom is 0.285 e. The van der Waals surface area contributed by atoms with Gasteiger partial charge < -0.3 is 4.57 Å². The molecule has 0 bridgehead atoms. The van der Waals surface area contributed by atoms with Crippen LogP contribution in [0.25, 0.3) is 27.8 Å². The molecule has 1 aromatic heterocycles. The summed E-state index contributed by atoms with van der Waals surface area (Å²) in [6, 6.07) is 29.3. The SMILES string of the molecule is O=C(NN1C(=O)/C(=C/c2cn(Cc3ccc4ccccc4c3)c3ccccc23)SC1=S)c1ccc(Cl)cc1. The third kappa shape index (κ3) is 4.72. The number of nitrogens with zero attached hydrogens (tertiary/aromatic N) is 2. The molecule has 1 saturated heterocycles. The Labute approximate surface area is 233 Å². The number of nitrogens with one attached hydrogen (secondary N) is 1. The lowest BCUT2D eigenvalue weighted by Gasteiger charge is -2.15. The van der Waals surface area contributed by atoms with Gasteiger partial charge in [-0.1, -0.05) is 78.0 Å². The van der Waals surface area contributed by atoms with Gasteiger partial charge in [0.25, 0.3) is 11.8 Å². The zero-order valence-electron chi connectivity index (χ0n) is 19.9. The maximum atomic E-state index is 13.2. The summed E-state index contributed by atoms with van der Waals surface area (Å²) in [5.74, 6) is -0.806. The van der Waals surface area contributed by atoms with E-state index in [1.165, 1.54) is 16.3 Å². The van der Waals surface area contributed by atoms with Crippen LogP contribution in [0.1, 0.15) is 21.5 Å². The van der Waals surface area contributed by atoms with Gasteiger partial charge in [0, 0.05) is 39.8 Å². The van der Waals surface area contributed by atoms with Gasteiger partial charge in [0.15, 0.2) is 4.32 Å². The number of thioether (sulfide) groups is 1. The summed E-state index contributed by atoms with van der Waals surface area (Å²) < 4.78 is 2.46. The quantitative estimate of drug-likeness (QED) is 0.187. The van der Waals surface area contributed by atoms with Crippen LogP contribution in [-0.4, -0.2) is 25.7 Å². The minimum atomic E-state index is -0.439. The molecule has 6 rings (SSSR count). The van der Waals surface area contributed by atoms with Crippen molar-refractivity contribution in [2.75, 3.05) is 0 Å². The van der Waals surface area contributed by atoms with Crippen molar-refractivity contribution in [3.8, 4) is 0 Å². The Kier molecular flexibility index (Phi) is 6.49. The van der Waals surface area contributed by atoms with Crippen molar-refractivity contribution >= 4 is 79.5 Å². The Hall–Kier alpha value is -3.91. The van der Waals surface area contributed by atoms with Crippen LogP contribution in [-0.2, 0) is 11.3 Å². The number of hydrazine groups is 1. The van der Waals surface area contributed by atoms with E-state index in [1.807, 2.05) is 36.4 Å². The number of amides is 2. The van der Waals surface area contributed by atoms with E-state index in [0.717, 1.165) is 33.2 Å². The number of thiocarbonyl (C=S) groups is 1. The Morgan fingerprint density at radius 3 is 2.50 bits per heavy atom. The molecule has 0 atom stereocenters. The molecule has 0 aliphatic carbocycles. The number of aromatic nitrogens is 1. The van der Waals surface area contributed by atoms with Gasteiger partial charge in [0.2, 0.25) is 0 Å². The van der Waals surface area contributed by atoms with Crippen LogP contribution >= 0.6 is 35.6 Å². The minimum Gasteiger partial charge on any atom is -0.342 e. The molecule has 4 aromatic carbocycles. The molecule has 8 heteroatoms. The van der Waals surface area contributed by atoms with Crippen LogP contribution in [0.3, 0.4) is 0 Å². The van der Waals surface area contributed by atoms with Crippen LogP contribution < -0.4 is 5.43 Å². The van der Waals surface area contributed by atoms with E-state index in [9.17, 15) is 9.59 Å². The van der Waals surface area contributed by atoms with E-state index in [4.69, 9.17) is 23.8 Å². The summed E-state index contributed by atoms with van der Waals surface area (Å²) in [7, 11) is 0. The van der Waals surface area contributed by atoms with Gasteiger partial charge in [0.05, 0.1) is 4.91 Å². The fourth-order valence-electron chi connectivity index (χ4n) is 4.53. The first-order chi connectivity index (χ1) is 18.5. The lowest BCUT2D eigenvalue weighted by Crippen LogP contribution is -2.44.